The van der Waals surface area contributed by atoms with Crippen molar-refractivity contribution in [2.75, 3.05) is 25.2 Å². The van der Waals surface area contributed by atoms with Crippen molar-refractivity contribution in [2.24, 2.45) is 0 Å². The highest BCUT2D eigenvalue weighted by Crippen LogP contribution is 2.21. The smallest absolute Gasteiger partial charge is 0.166 e. The maximum atomic E-state index is 9.52. The molecule has 0 fully saturated rings. The molecule has 0 amide bonds. The van der Waals surface area contributed by atoms with Crippen LogP contribution < -0.4 is 5.73 Å². The first-order valence-electron chi connectivity index (χ1n) is 5.24. The number of hydrogen-bond donors (Lipinski definition) is 3. The zero-order valence-electron chi connectivity index (χ0n) is 9.51. The summed E-state index contributed by atoms with van der Waals surface area (Å²) in [6, 6.07) is 5.53. The third-order valence-electron chi connectivity index (χ3n) is 2.26. The number of nitrogens with one attached hydrogen (secondary N) is 1. The number of benzene rings is 1. The molecule has 6 heteroatoms. The summed E-state index contributed by atoms with van der Waals surface area (Å²) >= 11 is 1.46. The normalized spacial score (nSPS) is 13.1. The molecule has 2 aromatic rings. The minimum Gasteiger partial charge on any atom is -0.399 e. The van der Waals surface area contributed by atoms with E-state index in [9.17, 15) is 5.11 Å². The van der Waals surface area contributed by atoms with Gasteiger partial charge in [-0.2, -0.15) is 0 Å². The van der Waals surface area contributed by atoms with Crippen LogP contribution in [0.15, 0.2) is 23.4 Å². The largest absolute Gasteiger partial charge is 0.399 e. The van der Waals surface area contributed by atoms with Crippen molar-refractivity contribution >= 4 is 28.5 Å². The lowest BCUT2D eigenvalue weighted by Gasteiger charge is -2.06. The lowest BCUT2D eigenvalue weighted by atomic mass is 10.3. The maximum absolute atomic E-state index is 9.52. The molecule has 5 nitrogen and oxygen atoms in total. The molecule has 1 unspecified atom stereocenters. The predicted octanol–water partition coefficient (Wildman–Crippen LogP) is 1.24. The highest BCUT2D eigenvalue weighted by molar-refractivity contribution is 7.99. The van der Waals surface area contributed by atoms with Crippen molar-refractivity contribution in [3.8, 4) is 0 Å². The second-order valence-electron chi connectivity index (χ2n) is 3.74. The molecule has 0 aliphatic heterocycles. The summed E-state index contributed by atoms with van der Waals surface area (Å²) in [4.78, 5) is 7.54. The molecule has 0 bridgehead atoms. The molecule has 1 aromatic carbocycles. The van der Waals surface area contributed by atoms with Gasteiger partial charge in [-0.1, -0.05) is 11.8 Å². The lowest BCUT2D eigenvalue weighted by Crippen LogP contribution is -2.16. The molecule has 2 rings (SSSR count). The van der Waals surface area contributed by atoms with E-state index in [1.54, 1.807) is 7.11 Å². The molecule has 1 atom stereocenters. The molecule has 0 aliphatic carbocycles. The SMILES string of the molecule is COCC(O)CSc1nc2ccc(N)cc2[nH]1. The van der Waals surface area contributed by atoms with E-state index in [0.29, 0.717) is 18.0 Å². The van der Waals surface area contributed by atoms with Gasteiger partial charge in [0.05, 0.1) is 23.7 Å². The predicted molar refractivity (Wildman–Crippen MR) is 69.1 cm³/mol. The van der Waals surface area contributed by atoms with E-state index in [4.69, 9.17) is 10.5 Å². The molecule has 4 N–H and O–H groups in total. The van der Waals surface area contributed by atoms with E-state index < -0.39 is 6.10 Å². The van der Waals surface area contributed by atoms with Crippen LogP contribution in [0, 0.1) is 0 Å². The number of methoxy groups -OCH3 is 1. The van der Waals surface area contributed by atoms with Gasteiger partial charge in [0, 0.05) is 18.6 Å². The van der Waals surface area contributed by atoms with Gasteiger partial charge in [0.1, 0.15) is 0 Å². The van der Waals surface area contributed by atoms with Crippen LogP contribution in [0.5, 0.6) is 0 Å². The van der Waals surface area contributed by atoms with Gasteiger partial charge < -0.3 is 20.6 Å². The third kappa shape index (κ3) is 3.12. The van der Waals surface area contributed by atoms with Crippen LogP contribution in [0.2, 0.25) is 0 Å². The Morgan fingerprint density at radius 2 is 2.41 bits per heavy atom. The average molecular weight is 253 g/mol. The number of aliphatic hydroxyl groups is 1. The summed E-state index contributed by atoms with van der Waals surface area (Å²) in [6.45, 7) is 0.334. The van der Waals surface area contributed by atoms with Crippen molar-refractivity contribution in [1.82, 2.24) is 9.97 Å². The summed E-state index contributed by atoms with van der Waals surface area (Å²) in [5, 5.41) is 10.3. The number of aromatic amines is 1. The van der Waals surface area contributed by atoms with Crippen LogP contribution in [0.1, 0.15) is 0 Å². The Balaban J connectivity index is 2.04. The van der Waals surface area contributed by atoms with Gasteiger partial charge in [0.15, 0.2) is 5.16 Å². The van der Waals surface area contributed by atoms with Crippen molar-refractivity contribution in [3.63, 3.8) is 0 Å². The zero-order valence-corrected chi connectivity index (χ0v) is 10.3. The average Bonchev–Trinajstić information content (AvgIpc) is 2.68. The number of imidazole rings is 1. The van der Waals surface area contributed by atoms with Gasteiger partial charge in [-0.25, -0.2) is 4.98 Å². The second kappa shape index (κ2) is 5.39. The quantitative estimate of drug-likeness (QED) is 0.551. The number of nitrogens with two attached hydrogens (primary N) is 1. The number of H-pyrrole nitrogens is 1. The van der Waals surface area contributed by atoms with E-state index in [2.05, 4.69) is 9.97 Å². The number of aliphatic hydroxyl groups excluding tert-OH is 1. The number of nitrogen functional groups attached to an aromatic ring is 1. The van der Waals surface area contributed by atoms with E-state index >= 15 is 0 Å². The molecule has 0 saturated carbocycles. The number of anilines is 1. The number of fused-ring (bicyclic) bond motifs is 1. The van der Waals surface area contributed by atoms with Crippen molar-refractivity contribution in [1.29, 1.82) is 0 Å². The Kier molecular flexibility index (Phi) is 3.88. The Morgan fingerprint density at radius 3 is 3.18 bits per heavy atom. The Bertz CT molecular complexity index is 500. The van der Waals surface area contributed by atoms with Crippen LogP contribution in [-0.4, -0.2) is 40.6 Å². The molecular weight excluding hydrogens is 238 g/mol. The zero-order chi connectivity index (χ0) is 12.3. The monoisotopic (exact) mass is 253 g/mol. The summed E-state index contributed by atoms with van der Waals surface area (Å²) in [5.41, 5.74) is 8.18. The number of ether oxygens (including phenoxy) is 1. The Morgan fingerprint density at radius 1 is 1.59 bits per heavy atom. The first-order valence-corrected chi connectivity index (χ1v) is 6.22. The minimum atomic E-state index is -0.483. The molecule has 0 saturated heterocycles. The van der Waals surface area contributed by atoms with Gasteiger partial charge in [-0.3, -0.25) is 0 Å². The number of nitrogens with zero attached hydrogens (tertiary/aromatic N) is 1. The number of hydrogen-bond acceptors (Lipinski definition) is 5. The highest BCUT2D eigenvalue weighted by atomic mass is 32.2. The summed E-state index contributed by atoms with van der Waals surface area (Å²) in [6.07, 6.45) is -0.483. The fourth-order valence-electron chi connectivity index (χ4n) is 1.49. The fourth-order valence-corrected chi connectivity index (χ4v) is 2.28. The van der Waals surface area contributed by atoms with E-state index in [0.717, 1.165) is 16.2 Å². The van der Waals surface area contributed by atoms with Crippen molar-refractivity contribution in [3.05, 3.63) is 18.2 Å². The van der Waals surface area contributed by atoms with Crippen LogP contribution >= 0.6 is 11.8 Å². The Hall–Kier alpha value is -1.24. The molecule has 0 aliphatic rings. The van der Waals surface area contributed by atoms with E-state index in [1.165, 1.54) is 11.8 Å². The third-order valence-corrected chi connectivity index (χ3v) is 3.27. The first-order chi connectivity index (χ1) is 8.19. The summed E-state index contributed by atoms with van der Waals surface area (Å²) in [5.74, 6) is 0.545. The molecule has 1 heterocycles. The standard InChI is InChI=1S/C11H15N3O2S/c1-16-5-8(15)6-17-11-13-9-3-2-7(12)4-10(9)14-11/h2-4,8,15H,5-6,12H2,1H3,(H,13,14). The van der Waals surface area contributed by atoms with Crippen LogP contribution in [0.25, 0.3) is 11.0 Å². The summed E-state index contributed by atoms with van der Waals surface area (Å²) in [7, 11) is 1.57. The highest BCUT2D eigenvalue weighted by Gasteiger charge is 2.08. The van der Waals surface area contributed by atoms with Gasteiger partial charge in [-0.15, -0.1) is 0 Å². The molecule has 92 valence electrons. The van der Waals surface area contributed by atoms with Crippen molar-refractivity contribution in [2.45, 2.75) is 11.3 Å². The molecule has 0 spiro atoms. The lowest BCUT2D eigenvalue weighted by molar-refractivity contribution is 0.0794. The molecule has 17 heavy (non-hydrogen) atoms. The van der Waals surface area contributed by atoms with Gasteiger partial charge >= 0.3 is 0 Å². The van der Waals surface area contributed by atoms with Crippen LogP contribution in [0.4, 0.5) is 5.69 Å². The number of aromatic nitrogens is 2. The van der Waals surface area contributed by atoms with Crippen molar-refractivity contribution < 1.29 is 9.84 Å². The molecule has 0 radical (unpaired) electrons. The number of thioether (sulfide) groups is 1. The first kappa shape index (κ1) is 12.2. The van der Waals surface area contributed by atoms with E-state index in [1.807, 2.05) is 18.2 Å². The van der Waals surface area contributed by atoms with Crippen LogP contribution in [0.3, 0.4) is 0 Å². The van der Waals surface area contributed by atoms with E-state index in [-0.39, 0.29) is 0 Å². The topological polar surface area (TPSA) is 84.2 Å². The molecule has 1 aromatic heterocycles. The van der Waals surface area contributed by atoms with Gasteiger partial charge in [0.25, 0.3) is 0 Å². The number of rotatable bonds is 5. The Labute approximate surface area is 103 Å². The van der Waals surface area contributed by atoms with Gasteiger partial charge in [0.2, 0.25) is 0 Å². The fraction of sp³-hybridized carbons (Fsp3) is 0.364. The second-order valence-corrected chi connectivity index (χ2v) is 4.75. The van der Waals surface area contributed by atoms with Gasteiger partial charge in [-0.05, 0) is 18.2 Å². The molecular formula is C11H15N3O2S. The maximum Gasteiger partial charge on any atom is 0.166 e. The minimum absolute atomic E-state index is 0.334. The van der Waals surface area contributed by atoms with Crippen LogP contribution in [-0.2, 0) is 4.74 Å². The summed E-state index contributed by atoms with van der Waals surface area (Å²) < 4.78 is 4.86.